The third-order valence-electron chi connectivity index (χ3n) is 5.04. The maximum atomic E-state index is 11.9. The topological polar surface area (TPSA) is 51.5 Å². The van der Waals surface area contributed by atoms with Crippen LogP contribution in [0.15, 0.2) is 57.7 Å². The first-order valence-electron chi connectivity index (χ1n) is 9.20. The van der Waals surface area contributed by atoms with Crippen LogP contribution in [0.1, 0.15) is 35.3 Å². The van der Waals surface area contributed by atoms with Crippen LogP contribution < -0.4 is 10.9 Å². The van der Waals surface area contributed by atoms with Gasteiger partial charge in [-0.1, -0.05) is 37.3 Å². The minimum absolute atomic E-state index is 0.0533. The van der Waals surface area contributed by atoms with E-state index in [9.17, 15) is 4.79 Å². The Hall–Kier alpha value is -2.43. The van der Waals surface area contributed by atoms with Crippen molar-refractivity contribution in [1.29, 1.82) is 0 Å². The Bertz CT molecular complexity index is 977. The Morgan fingerprint density at radius 2 is 2.04 bits per heavy atom. The molecule has 2 heterocycles. The van der Waals surface area contributed by atoms with Crippen LogP contribution in [0.4, 0.5) is 0 Å². The highest BCUT2D eigenvalue weighted by Gasteiger charge is 2.20. The molecule has 0 unspecified atom stereocenters. The van der Waals surface area contributed by atoms with Crippen LogP contribution in [0.2, 0.25) is 0 Å². The Balaban J connectivity index is 1.53. The van der Waals surface area contributed by atoms with Crippen LogP contribution in [0, 0.1) is 0 Å². The number of rotatable bonds is 5. The van der Waals surface area contributed by atoms with Gasteiger partial charge in [0.15, 0.2) is 0 Å². The van der Waals surface area contributed by atoms with Gasteiger partial charge in [0.25, 0.3) is 0 Å². The summed E-state index contributed by atoms with van der Waals surface area (Å²) < 4.78 is 11.3. The lowest BCUT2D eigenvalue weighted by Gasteiger charge is -2.26. The average molecular weight is 349 g/mol. The van der Waals surface area contributed by atoms with Gasteiger partial charge >= 0.3 is 5.63 Å². The van der Waals surface area contributed by atoms with Gasteiger partial charge in [-0.15, -0.1) is 0 Å². The lowest BCUT2D eigenvalue weighted by Crippen LogP contribution is -2.27. The van der Waals surface area contributed by atoms with Crippen LogP contribution in [0.25, 0.3) is 11.0 Å². The van der Waals surface area contributed by atoms with Crippen molar-refractivity contribution in [1.82, 2.24) is 5.32 Å². The molecule has 1 aliphatic rings. The third kappa shape index (κ3) is 3.43. The Labute approximate surface area is 152 Å². The molecule has 1 atom stereocenters. The summed E-state index contributed by atoms with van der Waals surface area (Å²) in [5, 5.41) is 4.46. The Morgan fingerprint density at radius 1 is 1.15 bits per heavy atom. The molecule has 0 aliphatic carbocycles. The molecule has 1 aliphatic heterocycles. The molecule has 0 radical (unpaired) electrons. The molecule has 0 fully saturated rings. The van der Waals surface area contributed by atoms with Crippen molar-refractivity contribution >= 4 is 11.0 Å². The van der Waals surface area contributed by atoms with Crippen LogP contribution >= 0.6 is 0 Å². The first-order chi connectivity index (χ1) is 12.7. The average Bonchev–Trinajstić information content (AvgIpc) is 2.67. The first-order valence-corrected chi connectivity index (χ1v) is 9.20. The molecule has 1 N–H and O–H groups in total. The largest absolute Gasteiger partial charge is 0.423 e. The summed E-state index contributed by atoms with van der Waals surface area (Å²) >= 11 is 0. The van der Waals surface area contributed by atoms with E-state index >= 15 is 0 Å². The van der Waals surface area contributed by atoms with Crippen molar-refractivity contribution in [3.05, 3.63) is 81.2 Å². The minimum atomic E-state index is -0.308. The van der Waals surface area contributed by atoms with Crippen molar-refractivity contribution in [3.8, 4) is 0 Å². The fraction of sp³-hybridized carbons (Fsp3) is 0.318. The van der Waals surface area contributed by atoms with E-state index in [1.807, 2.05) is 12.1 Å². The number of benzene rings is 2. The van der Waals surface area contributed by atoms with Gasteiger partial charge in [-0.25, -0.2) is 4.79 Å². The lowest BCUT2D eigenvalue weighted by molar-refractivity contribution is 0.0423. The van der Waals surface area contributed by atoms with Crippen molar-refractivity contribution in [2.45, 2.75) is 32.4 Å². The van der Waals surface area contributed by atoms with E-state index in [1.54, 1.807) is 6.07 Å². The zero-order valence-electron chi connectivity index (χ0n) is 15.0. The highest BCUT2D eigenvalue weighted by atomic mass is 16.5. The molecule has 4 rings (SSSR count). The van der Waals surface area contributed by atoms with Gasteiger partial charge in [0, 0.05) is 24.5 Å². The molecule has 2 aromatic carbocycles. The van der Waals surface area contributed by atoms with Crippen LogP contribution in [0.5, 0.6) is 0 Å². The Kier molecular flexibility index (Phi) is 4.87. The summed E-state index contributed by atoms with van der Waals surface area (Å²) in [6.45, 7) is 4.20. The first kappa shape index (κ1) is 17.0. The second kappa shape index (κ2) is 7.44. The molecule has 0 amide bonds. The van der Waals surface area contributed by atoms with Gasteiger partial charge in [-0.3, -0.25) is 0 Å². The van der Waals surface area contributed by atoms with Gasteiger partial charge in [0.05, 0.1) is 12.7 Å². The second-order valence-corrected chi connectivity index (χ2v) is 6.71. The van der Waals surface area contributed by atoms with E-state index in [4.69, 9.17) is 9.15 Å². The van der Waals surface area contributed by atoms with Gasteiger partial charge in [-0.2, -0.15) is 0 Å². The summed E-state index contributed by atoms with van der Waals surface area (Å²) in [7, 11) is 0. The van der Waals surface area contributed by atoms with Crippen molar-refractivity contribution < 1.29 is 9.15 Å². The molecule has 0 spiro atoms. The maximum absolute atomic E-state index is 11.9. The molecule has 26 heavy (non-hydrogen) atoms. The number of hydrogen-bond donors (Lipinski definition) is 1. The SMILES string of the molecule is CCc1ccc2oc(=O)cc(CNC[C@@H]3OCCc4ccccc43)c2c1. The maximum Gasteiger partial charge on any atom is 0.336 e. The molecular formula is C22H23NO3. The fourth-order valence-electron chi connectivity index (χ4n) is 3.62. The van der Waals surface area contributed by atoms with Crippen molar-refractivity contribution in [2.24, 2.45) is 0 Å². The normalized spacial score (nSPS) is 16.6. The zero-order chi connectivity index (χ0) is 17.9. The Morgan fingerprint density at radius 3 is 2.92 bits per heavy atom. The van der Waals surface area contributed by atoms with E-state index in [1.165, 1.54) is 16.7 Å². The minimum Gasteiger partial charge on any atom is -0.423 e. The molecular weight excluding hydrogens is 326 g/mol. The smallest absolute Gasteiger partial charge is 0.336 e. The fourth-order valence-corrected chi connectivity index (χ4v) is 3.62. The standard InChI is InChI=1S/C22H23NO3/c1-2-15-7-8-20-19(11-15)17(12-22(24)26-20)13-23-14-21-18-6-4-3-5-16(18)9-10-25-21/h3-8,11-12,21,23H,2,9-10,13-14H2,1H3/t21-/m0/s1. The van der Waals surface area contributed by atoms with E-state index in [2.05, 4.69) is 42.6 Å². The quantitative estimate of drug-likeness (QED) is 0.713. The summed E-state index contributed by atoms with van der Waals surface area (Å²) in [6.07, 6.45) is 1.98. The zero-order valence-corrected chi connectivity index (χ0v) is 15.0. The molecule has 0 saturated carbocycles. The number of ether oxygens (including phenoxy) is 1. The third-order valence-corrected chi connectivity index (χ3v) is 5.04. The van der Waals surface area contributed by atoms with Crippen LogP contribution in [-0.2, 0) is 24.1 Å². The molecule has 4 nitrogen and oxygen atoms in total. The van der Waals surface area contributed by atoms with Crippen LogP contribution in [0.3, 0.4) is 0 Å². The van der Waals surface area contributed by atoms with E-state index in [0.29, 0.717) is 18.7 Å². The summed E-state index contributed by atoms with van der Waals surface area (Å²) in [4.78, 5) is 11.9. The van der Waals surface area contributed by atoms with Crippen molar-refractivity contribution in [2.75, 3.05) is 13.2 Å². The molecule has 134 valence electrons. The van der Waals surface area contributed by atoms with E-state index in [0.717, 1.165) is 30.4 Å². The summed E-state index contributed by atoms with van der Waals surface area (Å²) in [5.41, 5.74) is 5.16. The second-order valence-electron chi connectivity index (χ2n) is 6.71. The number of hydrogen-bond acceptors (Lipinski definition) is 4. The van der Waals surface area contributed by atoms with Gasteiger partial charge in [0.1, 0.15) is 5.58 Å². The molecule has 0 bridgehead atoms. The number of fused-ring (bicyclic) bond motifs is 2. The highest BCUT2D eigenvalue weighted by Crippen LogP contribution is 2.26. The summed E-state index contributed by atoms with van der Waals surface area (Å²) in [6, 6.07) is 16.0. The van der Waals surface area contributed by atoms with Gasteiger partial charge in [0.2, 0.25) is 0 Å². The van der Waals surface area contributed by atoms with Gasteiger partial charge in [-0.05, 0) is 47.2 Å². The molecule has 4 heteroatoms. The predicted molar refractivity (Wildman–Crippen MR) is 102 cm³/mol. The molecule has 1 aromatic heterocycles. The monoisotopic (exact) mass is 349 g/mol. The van der Waals surface area contributed by atoms with Crippen molar-refractivity contribution in [3.63, 3.8) is 0 Å². The summed E-state index contributed by atoms with van der Waals surface area (Å²) in [5.74, 6) is 0. The highest BCUT2D eigenvalue weighted by molar-refractivity contribution is 5.80. The molecule has 3 aromatic rings. The van der Waals surface area contributed by atoms with Gasteiger partial charge < -0.3 is 14.5 Å². The van der Waals surface area contributed by atoms with E-state index in [-0.39, 0.29) is 11.7 Å². The number of aryl methyl sites for hydroxylation is 1. The van der Waals surface area contributed by atoms with Crippen LogP contribution in [-0.4, -0.2) is 13.2 Å². The molecule has 0 saturated heterocycles. The predicted octanol–water partition coefficient (Wildman–Crippen LogP) is 3.76. The van der Waals surface area contributed by atoms with E-state index < -0.39 is 0 Å². The number of nitrogens with one attached hydrogen (secondary N) is 1. The lowest BCUT2D eigenvalue weighted by atomic mass is 9.97.